The van der Waals surface area contributed by atoms with E-state index in [0.717, 1.165) is 28.1 Å². The van der Waals surface area contributed by atoms with Gasteiger partial charge in [0, 0.05) is 23.2 Å². The summed E-state index contributed by atoms with van der Waals surface area (Å²) in [6, 6.07) is 1.35. The van der Waals surface area contributed by atoms with E-state index in [1.54, 1.807) is 0 Å². The maximum absolute atomic E-state index is 13.6. The van der Waals surface area contributed by atoms with Gasteiger partial charge in [-0.3, -0.25) is 4.40 Å². The van der Waals surface area contributed by atoms with Crippen LogP contribution >= 0.6 is 11.3 Å². The first-order chi connectivity index (χ1) is 9.97. The van der Waals surface area contributed by atoms with E-state index in [9.17, 15) is 13.2 Å². The van der Waals surface area contributed by atoms with E-state index < -0.39 is 17.5 Å². The molecule has 0 aliphatic heterocycles. The zero-order chi connectivity index (χ0) is 15.1. The number of fused-ring (bicyclic) bond motifs is 1. The first-order valence-electron chi connectivity index (χ1n) is 6.28. The summed E-state index contributed by atoms with van der Waals surface area (Å²) < 4.78 is 41.6. The van der Waals surface area contributed by atoms with Gasteiger partial charge in [-0.2, -0.15) is 0 Å². The molecule has 0 atom stereocenters. The van der Waals surface area contributed by atoms with Crippen LogP contribution in [0.1, 0.15) is 17.1 Å². The molecule has 2 heterocycles. The topological polar surface area (TPSA) is 29.3 Å². The molecule has 1 N–H and O–H groups in total. The maximum atomic E-state index is 13.6. The number of benzene rings is 1. The van der Waals surface area contributed by atoms with Crippen LogP contribution in [0.4, 0.5) is 18.9 Å². The molecule has 110 valence electrons. The van der Waals surface area contributed by atoms with Gasteiger partial charge in [0.1, 0.15) is 5.82 Å². The molecule has 3 aromatic rings. The lowest BCUT2D eigenvalue weighted by Gasteiger charge is -2.09. The Hall–Kier alpha value is -2.02. The molecule has 0 saturated heterocycles. The number of aromatic nitrogens is 2. The highest BCUT2D eigenvalue weighted by Gasteiger charge is 2.14. The van der Waals surface area contributed by atoms with Crippen molar-refractivity contribution in [3.8, 4) is 0 Å². The van der Waals surface area contributed by atoms with Crippen LogP contribution in [0.5, 0.6) is 0 Å². The molecule has 2 aromatic heterocycles. The molecule has 0 unspecified atom stereocenters. The molecule has 0 fully saturated rings. The van der Waals surface area contributed by atoms with Crippen molar-refractivity contribution in [2.45, 2.75) is 20.4 Å². The summed E-state index contributed by atoms with van der Waals surface area (Å²) in [7, 11) is 0. The van der Waals surface area contributed by atoms with Crippen molar-refractivity contribution in [1.82, 2.24) is 9.38 Å². The minimum atomic E-state index is -1.20. The molecule has 0 bridgehead atoms. The van der Waals surface area contributed by atoms with E-state index in [2.05, 4.69) is 10.3 Å². The fourth-order valence-electron chi connectivity index (χ4n) is 2.21. The Morgan fingerprint density at radius 1 is 1.14 bits per heavy atom. The normalized spacial score (nSPS) is 11.3. The van der Waals surface area contributed by atoms with E-state index >= 15 is 0 Å². The second-order valence-electron chi connectivity index (χ2n) is 4.74. The number of imidazole rings is 1. The summed E-state index contributed by atoms with van der Waals surface area (Å²) in [6.07, 6.45) is 0. The molecule has 3 nitrogen and oxygen atoms in total. The summed E-state index contributed by atoms with van der Waals surface area (Å²) in [4.78, 5) is 5.27. The summed E-state index contributed by atoms with van der Waals surface area (Å²) >= 11 is 1.52. The number of halogens is 3. The van der Waals surface area contributed by atoms with Crippen LogP contribution in [0.25, 0.3) is 4.96 Å². The van der Waals surface area contributed by atoms with Gasteiger partial charge in [0.05, 0.1) is 23.6 Å². The molecular weight excluding hydrogens is 299 g/mol. The Balaban J connectivity index is 1.92. The second-order valence-corrected chi connectivity index (χ2v) is 5.58. The predicted molar refractivity (Wildman–Crippen MR) is 76.2 cm³/mol. The van der Waals surface area contributed by atoms with Crippen molar-refractivity contribution in [1.29, 1.82) is 0 Å². The molecule has 21 heavy (non-hydrogen) atoms. The lowest BCUT2D eigenvalue weighted by atomic mass is 10.2. The fourth-order valence-corrected chi connectivity index (χ4v) is 3.14. The van der Waals surface area contributed by atoms with Crippen LogP contribution in [0.3, 0.4) is 0 Å². The molecule has 0 aliphatic carbocycles. The van der Waals surface area contributed by atoms with Crippen molar-refractivity contribution < 1.29 is 13.2 Å². The monoisotopic (exact) mass is 311 g/mol. The standard InChI is InChI=1S/C14H12F3N3S/c1-7-6-21-14-19-8(2)13(20(7)14)5-18-12-4-10(16)9(15)3-11(12)17/h3-4,6,18H,5H2,1-2H3. The minimum absolute atomic E-state index is 0.0730. The second kappa shape index (κ2) is 5.07. The van der Waals surface area contributed by atoms with E-state index in [4.69, 9.17) is 0 Å². The zero-order valence-electron chi connectivity index (χ0n) is 11.4. The average Bonchev–Trinajstić information content (AvgIpc) is 2.92. The molecule has 3 rings (SSSR count). The van der Waals surface area contributed by atoms with Crippen LogP contribution < -0.4 is 5.32 Å². The van der Waals surface area contributed by atoms with Gasteiger partial charge in [-0.05, 0) is 13.8 Å². The number of nitrogens with one attached hydrogen (secondary N) is 1. The summed E-state index contributed by atoms with van der Waals surface area (Å²) in [5, 5.41) is 4.77. The van der Waals surface area contributed by atoms with Crippen molar-refractivity contribution in [2.24, 2.45) is 0 Å². The van der Waals surface area contributed by atoms with Gasteiger partial charge in [0.25, 0.3) is 0 Å². The van der Waals surface area contributed by atoms with Crippen LogP contribution in [0.15, 0.2) is 17.5 Å². The number of hydrogen-bond acceptors (Lipinski definition) is 3. The summed E-state index contributed by atoms with van der Waals surface area (Å²) in [5.74, 6) is -3.11. The van der Waals surface area contributed by atoms with E-state index in [1.807, 2.05) is 23.6 Å². The van der Waals surface area contributed by atoms with E-state index in [0.29, 0.717) is 6.07 Å². The van der Waals surface area contributed by atoms with Crippen LogP contribution in [0, 0.1) is 31.3 Å². The fraction of sp³-hybridized carbons (Fsp3) is 0.214. The average molecular weight is 311 g/mol. The molecule has 1 aromatic carbocycles. The molecule has 0 amide bonds. The largest absolute Gasteiger partial charge is 0.377 e. The van der Waals surface area contributed by atoms with E-state index in [1.165, 1.54) is 11.3 Å². The SMILES string of the molecule is Cc1nc2scc(C)n2c1CNc1cc(F)c(F)cc1F. The third-order valence-electron chi connectivity index (χ3n) is 3.29. The number of anilines is 1. The molecule has 0 spiro atoms. The number of nitrogens with zero attached hydrogens (tertiary/aromatic N) is 2. The summed E-state index contributed by atoms with van der Waals surface area (Å²) in [5.41, 5.74) is 2.64. The highest BCUT2D eigenvalue weighted by Crippen LogP contribution is 2.23. The smallest absolute Gasteiger partial charge is 0.194 e. The Morgan fingerprint density at radius 2 is 1.86 bits per heavy atom. The lowest BCUT2D eigenvalue weighted by molar-refractivity contribution is 0.496. The Morgan fingerprint density at radius 3 is 2.62 bits per heavy atom. The Bertz CT molecular complexity index is 823. The number of hydrogen-bond donors (Lipinski definition) is 1. The van der Waals surface area contributed by atoms with Gasteiger partial charge in [-0.25, -0.2) is 18.2 Å². The summed E-state index contributed by atoms with van der Waals surface area (Å²) in [6.45, 7) is 4.08. The first kappa shape index (κ1) is 13.9. The molecule has 0 aliphatic rings. The number of aryl methyl sites for hydroxylation is 2. The Labute approximate surface area is 123 Å². The van der Waals surface area contributed by atoms with Gasteiger partial charge in [0.15, 0.2) is 16.6 Å². The molecule has 0 saturated carbocycles. The molecule has 7 heteroatoms. The van der Waals surface area contributed by atoms with Crippen molar-refractivity contribution >= 4 is 22.0 Å². The third kappa shape index (κ3) is 2.37. The molecule has 0 radical (unpaired) electrons. The number of rotatable bonds is 3. The molecular formula is C14H12F3N3S. The van der Waals surface area contributed by atoms with Crippen LogP contribution in [-0.4, -0.2) is 9.38 Å². The quantitative estimate of drug-likeness (QED) is 0.740. The number of thiazole rings is 1. The first-order valence-corrected chi connectivity index (χ1v) is 7.15. The maximum Gasteiger partial charge on any atom is 0.194 e. The van der Waals surface area contributed by atoms with Crippen LogP contribution in [0.2, 0.25) is 0 Å². The minimum Gasteiger partial charge on any atom is -0.377 e. The van der Waals surface area contributed by atoms with Crippen molar-refractivity contribution in [2.75, 3.05) is 5.32 Å². The van der Waals surface area contributed by atoms with Crippen LogP contribution in [-0.2, 0) is 6.54 Å². The predicted octanol–water partition coefficient (Wildman–Crippen LogP) is 4.04. The van der Waals surface area contributed by atoms with Gasteiger partial charge < -0.3 is 5.32 Å². The zero-order valence-corrected chi connectivity index (χ0v) is 12.2. The van der Waals surface area contributed by atoms with E-state index in [-0.39, 0.29) is 12.2 Å². The highest BCUT2D eigenvalue weighted by atomic mass is 32.1. The van der Waals surface area contributed by atoms with Gasteiger partial charge >= 0.3 is 0 Å². The van der Waals surface area contributed by atoms with Gasteiger partial charge in [0.2, 0.25) is 0 Å². The van der Waals surface area contributed by atoms with Crippen molar-refractivity contribution in [3.63, 3.8) is 0 Å². The Kier molecular flexibility index (Phi) is 3.36. The van der Waals surface area contributed by atoms with Gasteiger partial charge in [-0.1, -0.05) is 0 Å². The van der Waals surface area contributed by atoms with Crippen molar-refractivity contribution in [3.05, 3.63) is 52.0 Å². The lowest BCUT2D eigenvalue weighted by Crippen LogP contribution is -2.07. The highest BCUT2D eigenvalue weighted by molar-refractivity contribution is 7.15. The van der Waals surface area contributed by atoms with Gasteiger partial charge in [-0.15, -0.1) is 11.3 Å². The third-order valence-corrected chi connectivity index (χ3v) is 4.23.